The average molecular weight is 507 g/mol. The van der Waals surface area contributed by atoms with Gasteiger partial charge in [-0.05, 0) is 75.6 Å². The van der Waals surface area contributed by atoms with E-state index in [0.29, 0.717) is 22.2 Å². The van der Waals surface area contributed by atoms with E-state index < -0.39 is 23.6 Å². The average Bonchev–Trinajstić information content (AvgIpc) is 3.56. The number of fused-ring (bicyclic) bond motifs is 2. The summed E-state index contributed by atoms with van der Waals surface area (Å²) >= 11 is 0. The lowest BCUT2D eigenvalue weighted by molar-refractivity contribution is -0.118. The molecule has 0 aliphatic heterocycles. The number of carbonyl (C=O) groups is 2. The van der Waals surface area contributed by atoms with Gasteiger partial charge in [0.2, 0.25) is 5.91 Å². The first-order chi connectivity index (χ1) is 17.5. The molecule has 3 aromatic rings. The summed E-state index contributed by atoms with van der Waals surface area (Å²) in [7, 11) is 0. The number of carbonyl (C=O) groups excluding carboxylic acids is 2. The van der Waals surface area contributed by atoms with E-state index in [4.69, 9.17) is 4.74 Å². The normalized spacial score (nSPS) is 22.8. The molecular formula is C28H31FN4O4. The Labute approximate surface area is 214 Å². The molecule has 0 radical (unpaired) electrons. The summed E-state index contributed by atoms with van der Waals surface area (Å²) in [6.45, 7) is 7.02. The van der Waals surface area contributed by atoms with E-state index in [9.17, 15) is 14.7 Å². The van der Waals surface area contributed by atoms with E-state index >= 15 is 4.39 Å². The first-order valence-electron chi connectivity index (χ1n) is 12.6. The Morgan fingerprint density at radius 3 is 2.62 bits per heavy atom. The number of hydrogen-bond donors (Lipinski definition) is 3. The van der Waals surface area contributed by atoms with Gasteiger partial charge in [-0.2, -0.15) is 0 Å². The Morgan fingerprint density at radius 1 is 1.14 bits per heavy atom. The van der Waals surface area contributed by atoms with Crippen LogP contribution in [0.15, 0.2) is 36.8 Å². The van der Waals surface area contributed by atoms with Crippen LogP contribution < -0.4 is 10.6 Å². The minimum absolute atomic E-state index is 0.00749. The van der Waals surface area contributed by atoms with Crippen molar-refractivity contribution in [3.05, 3.63) is 48.2 Å². The number of hydrogen-bond acceptors (Lipinski definition) is 6. The van der Waals surface area contributed by atoms with Crippen molar-refractivity contribution in [2.45, 2.75) is 58.7 Å². The van der Waals surface area contributed by atoms with Crippen LogP contribution in [-0.4, -0.2) is 38.8 Å². The Balaban J connectivity index is 1.52. The number of halogens is 1. The second-order valence-corrected chi connectivity index (χ2v) is 11.0. The van der Waals surface area contributed by atoms with Crippen molar-refractivity contribution in [3.63, 3.8) is 0 Å². The molecule has 2 aromatic heterocycles. The van der Waals surface area contributed by atoms with E-state index in [2.05, 4.69) is 20.6 Å². The third kappa shape index (κ3) is 5.00. The van der Waals surface area contributed by atoms with E-state index in [-0.39, 0.29) is 34.9 Å². The Bertz CT molecular complexity index is 1390. The van der Waals surface area contributed by atoms with Gasteiger partial charge in [-0.1, -0.05) is 6.42 Å². The van der Waals surface area contributed by atoms with Crippen LogP contribution in [0, 0.1) is 30.5 Å². The molecule has 1 unspecified atom stereocenters. The number of aryl methyl sites for hydroxylation is 1. The monoisotopic (exact) mass is 506 g/mol. The highest BCUT2D eigenvalue weighted by Gasteiger charge is 2.58. The largest absolute Gasteiger partial charge is 0.444 e. The summed E-state index contributed by atoms with van der Waals surface area (Å²) in [4.78, 5) is 34.0. The molecule has 9 heteroatoms. The number of aromatic nitrogens is 2. The van der Waals surface area contributed by atoms with Crippen molar-refractivity contribution in [2.75, 3.05) is 10.6 Å². The van der Waals surface area contributed by atoms with E-state index in [0.717, 1.165) is 24.8 Å². The maximum absolute atomic E-state index is 15.9. The van der Waals surface area contributed by atoms with Crippen LogP contribution in [0.4, 0.5) is 20.7 Å². The topological polar surface area (TPSA) is 113 Å². The molecule has 0 bridgehead atoms. The Hall–Kier alpha value is -3.59. The SMILES string of the molecule is Cc1ccncc1-c1cc2cc(NC(=O)[C@H]3[C@@H]4CCCC(O)[C@@H]43)ncc2c(NC(=O)OC(C)(C)C)c1F. The van der Waals surface area contributed by atoms with Gasteiger partial charge >= 0.3 is 6.09 Å². The number of nitrogens with one attached hydrogen (secondary N) is 2. The fraction of sp³-hybridized carbons (Fsp3) is 0.429. The van der Waals surface area contributed by atoms with Crippen LogP contribution >= 0.6 is 0 Å². The lowest BCUT2D eigenvalue weighted by Crippen LogP contribution is -2.27. The second kappa shape index (κ2) is 9.37. The fourth-order valence-corrected chi connectivity index (χ4v) is 5.44. The summed E-state index contributed by atoms with van der Waals surface area (Å²) in [5.74, 6) is -0.485. The molecule has 2 amide bonds. The molecule has 194 valence electrons. The summed E-state index contributed by atoms with van der Waals surface area (Å²) in [6.07, 6.45) is 5.99. The predicted molar refractivity (Wildman–Crippen MR) is 138 cm³/mol. The van der Waals surface area contributed by atoms with Crippen LogP contribution in [0.5, 0.6) is 0 Å². The molecule has 37 heavy (non-hydrogen) atoms. The van der Waals surface area contributed by atoms with Crippen LogP contribution in [-0.2, 0) is 9.53 Å². The summed E-state index contributed by atoms with van der Waals surface area (Å²) in [6, 6.07) is 5.10. The van der Waals surface area contributed by atoms with Gasteiger partial charge < -0.3 is 15.2 Å². The smallest absolute Gasteiger partial charge is 0.412 e. The molecule has 2 heterocycles. The molecule has 1 aromatic carbocycles. The number of benzene rings is 1. The number of anilines is 2. The number of rotatable bonds is 4. The highest BCUT2D eigenvalue weighted by atomic mass is 19.1. The first-order valence-corrected chi connectivity index (χ1v) is 12.6. The number of aliphatic hydroxyl groups excluding tert-OH is 1. The van der Waals surface area contributed by atoms with Crippen molar-refractivity contribution in [3.8, 4) is 11.1 Å². The van der Waals surface area contributed by atoms with Crippen LogP contribution in [0.1, 0.15) is 45.6 Å². The lowest BCUT2D eigenvalue weighted by atomic mass is 9.98. The zero-order chi connectivity index (χ0) is 26.5. The highest BCUT2D eigenvalue weighted by molar-refractivity contribution is 6.04. The van der Waals surface area contributed by atoms with Crippen molar-refractivity contribution in [2.24, 2.45) is 17.8 Å². The van der Waals surface area contributed by atoms with Gasteiger partial charge in [0.1, 0.15) is 11.4 Å². The zero-order valence-electron chi connectivity index (χ0n) is 21.3. The van der Waals surface area contributed by atoms with Gasteiger partial charge in [0.25, 0.3) is 0 Å². The molecule has 2 aliphatic carbocycles. The molecule has 2 saturated carbocycles. The van der Waals surface area contributed by atoms with Crippen LogP contribution in [0.3, 0.4) is 0 Å². The standard InChI is InChI=1S/C28H31FN4O4/c1-14-8-9-30-12-18(14)17-10-15-11-21(32-26(35)23-16-6-5-7-20(34)22(16)23)31-13-19(15)25(24(17)29)33-27(36)37-28(2,3)4/h8-13,16,20,22-23,34H,5-7H2,1-4H3,(H,33,36)(H,31,32,35)/t16-,20?,22-,23+/m1/s1. The molecule has 0 spiro atoms. The van der Waals surface area contributed by atoms with E-state index in [1.165, 1.54) is 6.20 Å². The Kier molecular flexibility index (Phi) is 6.35. The van der Waals surface area contributed by atoms with Crippen molar-refractivity contribution in [1.29, 1.82) is 0 Å². The molecule has 3 N–H and O–H groups in total. The minimum atomic E-state index is -0.792. The van der Waals surface area contributed by atoms with Gasteiger partial charge in [0.15, 0.2) is 5.82 Å². The second-order valence-electron chi connectivity index (χ2n) is 11.0. The number of nitrogens with zero attached hydrogens (tertiary/aromatic N) is 2. The highest BCUT2D eigenvalue weighted by Crippen LogP contribution is 2.55. The molecule has 0 saturated heterocycles. The maximum Gasteiger partial charge on any atom is 0.412 e. The zero-order valence-corrected chi connectivity index (χ0v) is 21.3. The maximum atomic E-state index is 15.9. The third-order valence-corrected chi connectivity index (χ3v) is 7.18. The molecule has 2 aliphatic rings. The fourth-order valence-electron chi connectivity index (χ4n) is 5.44. The summed E-state index contributed by atoms with van der Waals surface area (Å²) in [5.41, 5.74) is 0.814. The van der Waals surface area contributed by atoms with Gasteiger partial charge in [-0.3, -0.25) is 15.1 Å². The van der Waals surface area contributed by atoms with E-state index in [1.54, 1.807) is 51.4 Å². The number of pyridine rings is 2. The molecule has 4 atom stereocenters. The predicted octanol–water partition coefficient (Wildman–Crippen LogP) is 5.44. The molecule has 8 nitrogen and oxygen atoms in total. The van der Waals surface area contributed by atoms with Gasteiger partial charge in [0, 0.05) is 46.9 Å². The van der Waals surface area contributed by atoms with Crippen molar-refractivity contribution >= 4 is 34.3 Å². The lowest BCUT2D eigenvalue weighted by Gasteiger charge is -2.21. The first kappa shape index (κ1) is 25.1. The van der Waals surface area contributed by atoms with Crippen molar-refractivity contribution in [1.82, 2.24) is 9.97 Å². The summed E-state index contributed by atoms with van der Waals surface area (Å²) in [5, 5.41) is 16.6. The number of aliphatic hydroxyl groups is 1. The summed E-state index contributed by atoms with van der Waals surface area (Å²) < 4.78 is 21.2. The quantitative estimate of drug-likeness (QED) is 0.434. The molecule has 5 rings (SSSR count). The molecule has 2 fully saturated rings. The van der Waals surface area contributed by atoms with E-state index in [1.807, 2.05) is 6.92 Å². The molecular weight excluding hydrogens is 475 g/mol. The number of ether oxygens (including phenoxy) is 1. The van der Waals surface area contributed by atoms with Crippen LogP contribution in [0.25, 0.3) is 21.9 Å². The van der Waals surface area contributed by atoms with Gasteiger partial charge in [-0.25, -0.2) is 14.2 Å². The minimum Gasteiger partial charge on any atom is -0.444 e. The van der Waals surface area contributed by atoms with Gasteiger partial charge in [0.05, 0.1) is 11.8 Å². The Morgan fingerprint density at radius 2 is 1.92 bits per heavy atom. The van der Waals surface area contributed by atoms with Crippen molar-refractivity contribution < 1.29 is 23.8 Å². The third-order valence-electron chi connectivity index (χ3n) is 7.18. The van der Waals surface area contributed by atoms with Crippen LogP contribution in [0.2, 0.25) is 0 Å². The van der Waals surface area contributed by atoms with Gasteiger partial charge in [-0.15, -0.1) is 0 Å². The number of amides is 2.